The zero-order valence-corrected chi connectivity index (χ0v) is 13.6. The van der Waals surface area contributed by atoms with Crippen LogP contribution < -0.4 is 5.73 Å². The molecule has 108 valence electrons. The van der Waals surface area contributed by atoms with Gasteiger partial charge in [-0.05, 0) is 42.7 Å². The van der Waals surface area contributed by atoms with Crippen molar-refractivity contribution in [2.45, 2.75) is 66.3 Å². The smallest absolute Gasteiger partial charge is 0.0505 e. The highest BCUT2D eigenvalue weighted by Crippen LogP contribution is 2.38. The summed E-state index contributed by atoms with van der Waals surface area (Å²) in [6.45, 7) is 13.7. The van der Waals surface area contributed by atoms with Gasteiger partial charge in [-0.3, -0.25) is 0 Å². The van der Waals surface area contributed by atoms with E-state index in [4.69, 9.17) is 5.73 Å². The second-order valence-electron chi connectivity index (χ2n) is 7.10. The third kappa shape index (κ3) is 4.65. The lowest BCUT2D eigenvalue weighted by molar-refractivity contribution is 0.215. The fraction of sp³-hybridized carbons (Fsp3) is 0.667. The van der Waals surface area contributed by atoms with E-state index >= 15 is 0 Å². The molecular formula is C18H31N. The van der Waals surface area contributed by atoms with Gasteiger partial charge in [-0.1, -0.05) is 64.8 Å². The second-order valence-corrected chi connectivity index (χ2v) is 7.10. The molecule has 1 nitrogen and oxygen atoms in total. The summed E-state index contributed by atoms with van der Waals surface area (Å²) in [6.07, 6.45) is 12.3. The molecule has 0 aliphatic heterocycles. The largest absolute Gasteiger partial charge is 0.319 e. The van der Waals surface area contributed by atoms with Crippen LogP contribution in [0.15, 0.2) is 35.5 Å². The molecule has 0 aromatic rings. The first-order valence-corrected chi connectivity index (χ1v) is 7.55. The lowest BCUT2D eigenvalue weighted by atomic mass is 9.72. The Morgan fingerprint density at radius 3 is 2.58 bits per heavy atom. The Bertz CT molecular complexity index is 394. The summed E-state index contributed by atoms with van der Waals surface area (Å²) < 4.78 is 0. The Morgan fingerprint density at radius 1 is 1.37 bits per heavy atom. The van der Waals surface area contributed by atoms with Gasteiger partial charge in [-0.15, -0.1) is 0 Å². The summed E-state index contributed by atoms with van der Waals surface area (Å²) in [5.74, 6) is 0.739. The summed E-state index contributed by atoms with van der Waals surface area (Å²) in [7, 11) is 0. The molecule has 0 bridgehead atoms. The maximum atomic E-state index is 6.21. The van der Waals surface area contributed by atoms with Crippen molar-refractivity contribution in [3.8, 4) is 0 Å². The lowest BCUT2D eigenvalue weighted by Crippen LogP contribution is -2.31. The Balaban J connectivity index is 2.88. The van der Waals surface area contributed by atoms with E-state index in [2.05, 4.69) is 65.8 Å². The van der Waals surface area contributed by atoms with Crippen LogP contribution in [0.25, 0.3) is 0 Å². The first-order chi connectivity index (χ1) is 8.68. The van der Waals surface area contributed by atoms with Gasteiger partial charge >= 0.3 is 0 Å². The number of rotatable bonds is 5. The molecule has 2 unspecified atom stereocenters. The molecular weight excluding hydrogens is 230 g/mol. The van der Waals surface area contributed by atoms with Gasteiger partial charge in [0, 0.05) is 0 Å². The Morgan fingerprint density at radius 2 is 2.00 bits per heavy atom. The molecule has 0 amide bonds. The Hall–Kier alpha value is -0.820. The highest BCUT2D eigenvalue weighted by Gasteiger charge is 2.27. The SMILES string of the molecule is CCCC(C)C(C)(C)CC1=CC=CC(C)(N)C=C1C. The summed E-state index contributed by atoms with van der Waals surface area (Å²) in [6, 6.07) is 0. The van der Waals surface area contributed by atoms with Gasteiger partial charge in [-0.25, -0.2) is 0 Å². The van der Waals surface area contributed by atoms with Crippen LogP contribution >= 0.6 is 0 Å². The average Bonchev–Trinajstić information content (AvgIpc) is 2.37. The molecule has 1 aliphatic carbocycles. The Labute approximate surface area is 119 Å². The van der Waals surface area contributed by atoms with E-state index in [0.717, 1.165) is 12.3 Å². The molecule has 1 heteroatoms. The molecule has 0 fully saturated rings. The van der Waals surface area contributed by atoms with Gasteiger partial charge in [-0.2, -0.15) is 0 Å². The first kappa shape index (κ1) is 16.2. The van der Waals surface area contributed by atoms with Crippen molar-refractivity contribution in [1.82, 2.24) is 0 Å². The fourth-order valence-electron chi connectivity index (χ4n) is 2.80. The van der Waals surface area contributed by atoms with Crippen molar-refractivity contribution >= 4 is 0 Å². The first-order valence-electron chi connectivity index (χ1n) is 7.55. The molecule has 1 aliphatic rings. The van der Waals surface area contributed by atoms with E-state index < -0.39 is 0 Å². The number of allylic oxidation sites excluding steroid dienone is 4. The summed E-state index contributed by atoms with van der Waals surface area (Å²) in [5, 5.41) is 0. The highest BCUT2D eigenvalue weighted by atomic mass is 14.7. The molecule has 0 aromatic carbocycles. The minimum absolute atomic E-state index is 0.318. The van der Waals surface area contributed by atoms with Gasteiger partial charge in [0.1, 0.15) is 0 Å². The quantitative estimate of drug-likeness (QED) is 0.740. The van der Waals surface area contributed by atoms with Crippen molar-refractivity contribution in [3.05, 3.63) is 35.5 Å². The molecule has 2 atom stereocenters. The minimum Gasteiger partial charge on any atom is -0.319 e. The average molecular weight is 261 g/mol. The second kappa shape index (κ2) is 6.09. The van der Waals surface area contributed by atoms with Crippen LogP contribution in [-0.4, -0.2) is 5.54 Å². The molecule has 0 radical (unpaired) electrons. The predicted octanol–water partition coefficient (Wildman–Crippen LogP) is 5.00. The standard InChI is InChI=1S/C18H31N/c1-7-9-15(3)17(4,5)13-16-10-8-11-18(6,19)12-14(16)2/h8,10-12,15H,7,9,13,19H2,1-6H3. The molecule has 0 heterocycles. The zero-order valence-electron chi connectivity index (χ0n) is 13.6. The normalized spacial score (nSPS) is 25.6. The molecule has 19 heavy (non-hydrogen) atoms. The van der Waals surface area contributed by atoms with E-state index in [1.165, 1.54) is 24.0 Å². The van der Waals surface area contributed by atoms with Crippen LogP contribution in [0.2, 0.25) is 0 Å². The summed E-state index contributed by atoms with van der Waals surface area (Å²) >= 11 is 0. The van der Waals surface area contributed by atoms with E-state index in [1.807, 2.05) is 0 Å². The van der Waals surface area contributed by atoms with Gasteiger partial charge in [0.15, 0.2) is 0 Å². The van der Waals surface area contributed by atoms with Crippen molar-refractivity contribution in [2.24, 2.45) is 17.1 Å². The fourth-order valence-corrected chi connectivity index (χ4v) is 2.80. The van der Waals surface area contributed by atoms with Crippen LogP contribution in [0, 0.1) is 11.3 Å². The molecule has 1 rings (SSSR count). The highest BCUT2D eigenvalue weighted by molar-refractivity contribution is 5.40. The monoisotopic (exact) mass is 261 g/mol. The van der Waals surface area contributed by atoms with Crippen molar-refractivity contribution in [3.63, 3.8) is 0 Å². The molecule has 0 spiro atoms. The van der Waals surface area contributed by atoms with Crippen LogP contribution in [0.5, 0.6) is 0 Å². The summed E-state index contributed by atoms with van der Waals surface area (Å²) in [5.41, 5.74) is 8.98. The van der Waals surface area contributed by atoms with Crippen LogP contribution in [0.3, 0.4) is 0 Å². The summed E-state index contributed by atoms with van der Waals surface area (Å²) in [4.78, 5) is 0. The molecule has 0 aromatic heterocycles. The number of hydrogen-bond donors (Lipinski definition) is 1. The van der Waals surface area contributed by atoms with Crippen LogP contribution in [-0.2, 0) is 0 Å². The van der Waals surface area contributed by atoms with E-state index in [0.29, 0.717) is 5.41 Å². The molecule has 0 saturated heterocycles. The number of hydrogen-bond acceptors (Lipinski definition) is 1. The van der Waals surface area contributed by atoms with Gasteiger partial charge in [0.2, 0.25) is 0 Å². The predicted molar refractivity (Wildman–Crippen MR) is 86.0 cm³/mol. The third-order valence-electron chi connectivity index (χ3n) is 4.49. The van der Waals surface area contributed by atoms with Gasteiger partial charge < -0.3 is 5.73 Å². The van der Waals surface area contributed by atoms with Crippen molar-refractivity contribution < 1.29 is 0 Å². The van der Waals surface area contributed by atoms with Gasteiger partial charge in [0.05, 0.1) is 5.54 Å². The lowest BCUT2D eigenvalue weighted by Gasteiger charge is -2.33. The van der Waals surface area contributed by atoms with Crippen molar-refractivity contribution in [1.29, 1.82) is 0 Å². The van der Waals surface area contributed by atoms with Crippen LogP contribution in [0.4, 0.5) is 0 Å². The van der Waals surface area contributed by atoms with E-state index in [1.54, 1.807) is 0 Å². The molecule has 0 saturated carbocycles. The molecule has 2 N–H and O–H groups in total. The van der Waals surface area contributed by atoms with Crippen LogP contribution in [0.1, 0.15) is 60.8 Å². The topological polar surface area (TPSA) is 26.0 Å². The van der Waals surface area contributed by atoms with E-state index in [9.17, 15) is 0 Å². The van der Waals surface area contributed by atoms with Crippen molar-refractivity contribution in [2.75, 3.05) is 0 Å². The minimum atomic E-state index is -0.318. The van der Waals surface area contributed by atoms with E-state index in [-0.39, 0.29) is 5.54 Å². The maximum Gasteiger partial charge on any atom is 0.0505 e. The van der Waals surface area contributed by atoms with Gasteiger partial charge in [0.25, 0.3) is 0 Å². The third-order valence-corrected chi connectivity index (χ3v) is 4.49. The Kier molecular flexibility index (Phi) is 5.20. The maximum absolute atomic E-state index is 6.21. The zero-order chi connectivity index (χ0) is 14.7. The number of nitrogens with two attached hydrogens (primary N) is 1.